The average molecular weight is 575 g/mol. The van der Waals surface area contributed by atoms with Crippen LogP contribution in [0.2, 0.25) is 0 Å². The first-order valence-corrected chi connectivity index (χ1v) is 14.2. The van der Waals surface area contributed by atoms with E-state index in [1.807, 2.05) is 0 Å². The van der Waals surface area contributed by atoms with Crippen LogP contribution in [-0.4, -0.2) is 109 Å². The van der Waals surface area contributed by atoms with E-state index in [2.05, 4.69) is 20.3 Å². The number of likely N-dealkylation sites (tertiary alicyclic amines) is 2. The van der Waals surface area contributed by atoms with Crippen LogP contribution in [0.3, 0.4) is 0 Å². The summed E-state index contributed by atoms with van der Waals surface area (Å²) in [4.78, 5) is 53.0. The van der Waals surface area contributed by atoms with Crippen molar-refractivity contribution in [2.45, 2.75) is 82.6 Å². The number of hydrogen-bond acceptors (Lipinski definition) is 11. The van der Waals surface area contributed by atoms with Gasteiger partial charge in [-0.15, -0.1) is 0 Å². The van der Waals surface area contributed by atoms with Gasteiger partial charge in [-0.05, 0) is 38.5 Å². The van der Waals surface area contributed by atoms with Gasteiger partial charge in [-0.25, -0.2) is 19.7 Å². The van der Waals surface area contributed by atoms with Crippen molar-refractivity contribution in [2.75, 3.05) is 32.4 Å². The fourth-order valence-corrected chi connectivity index (χ4v) is 5.72. The molecule has 5 rings (SSSR count). The van der Waals surface area contributed by atoms with Crippen molar-refractivity contribution in [2.24, 2.45) is 5.92 Å². The van der Waals surface area contributed by atoms with E-state index in [0.29, 0.717) is 61.8 Å². The number of aryl methyl sites for hydroxylation is 1. The van der Waals surface area contributed by atoms with Crippen molar-refractivity contribution in [3.05, 3.63) is 12.2 Å². The maximum absolute atomic E-state index is 12.5. The minimum absolute atomic E-state index is 0.0100. The molecule has 15 nitrogen and oxygen atoms in total. The molecule has 0 aromatic carbocycles. The predicted molar refractivity (Wildman–Crippen MR) is 144 cm³/mol. The number of nitrogens with zero attached hydrogens (tertiary/aromatic N) is 6. The summed E-state index contributed by atoms with van der Waals surface area (Å²) in [6.07, 6.45) is 0.409. The number of anilines is 1. The Hall–Kier alpha value is -3.56. The molecule has 15 heteroatoms. The lowest BCUT2D eigenvalue weighted by Gasteiger charge is -2.32. The van der Waals surface area contributed by atoms with Gasteiger partial charge in [-0.2, -0.15) is 0 Å². The van der Waals surface area contributed by atoms with E-state index in [4.69, 9.17) is 15.2 Å². The van der Waals surface area contributed by atoms with Crippen LogP contribution in [0.4, 0.5) is 10.6 Å². The second-order valence-corrected chi connectivity index (χ2v) is 10.9. The molecule has 224 valence electrons. The summed E-state index contributed by atoms with van der Waals surface area (Å²) in [5.41, 5.74) is 6.85. The second kappa shape index (κ2) is 12.1. The van der Waals surface area contributed by atoms with Gasteiger partial charge < -0.3 is 40.5 Å². The minimum Gasteiger partial charge on any atom is -0.425 e. The third-order valence-corrected chi connectivity index (χ3v) is 8.17. The minimum atomic E-state index is -1.41. The van der Waals surface area contributed by atoms with Crippen LogP contribution in [0, 0.1) is 5.92 Å². The molecule has 41 heavy (non-hydrogen) atoms. The first-order valence-electron chi connectivity index (χ1n) is 14.2. The van der Waals surface area contributed by atoms with E-state index in [1.54, 1.807) is 18.9 Å². The summed E-state index contributed by atoms with van der Waals surface area (Å²) in [5, 5.41) is 23.6. The van der Waals surface area contributed by atoms with Gasteiger partial charge in [0.2, 0.25) is 5.91 Å². The van der Waals surface area contributed by atoms with E-state index in [0.717, 1.165) is 25.7 Å². The normalized spacial score (nSPS) is 27.1. The highest BCUT2D eigenvalue weighted by molar-refractivity contribution is 5.83. The molecule has 2 aromatic rings. The Morgan fingerprint density at radius 3 is 2.63 bits per heavy atom. The van der Waals surface area contributed by atoms with Crippen LogP contribution < -0.4 is 11.1 Å². The fourth-order valence-electron chi connectivity index (χ4n) is 5.72. The summed E-state index contributed by atoms with van der Waals surface area (Å²) in [5.74, 6) is 0.626. The molecular formula is C26H38N8O7. The maximum atomic E-state index is 12.5. The Balaban J connectivity index is 1.15. The molecule has 0 saturated carbocycles. The number of likely N-dealkylation sites (N-methyl/N-ethyl adjacent to an activating group) is 1. The number of piperidine rings is 1. The molecule has 5 atom stereocenters. The Morgan fingerprint density at radius 2 is 1.95 bits per heavy atom. The lowest BCUT2D eigenvalue weighted by molar-refractivity contribution is -0.137. The quantitative estimate of drug-likeness (QED) is 0.329. The summed E-state index contributed by atoms with van der Waals surface area (Å²) in [6.45, 7) is 3.32. The van der Waals surface area contributed by atoms with Crippen LogP contribution in [0.1, 0.15) is 57.5 Å². The Labute approximate surface area is 237 Å². The Bertz CT molecular complexity index is 1280. The van der Waals surface area contributed by atoms with Crippen LogP contribution in [0.25, 0.3) is 11.2 Å². The summed E-state index contributed by atoms with van der Waals surface area (Å²) in [6, 6.07) is 0. The first kappa shape index (κ1) is 29.0. The van der Waals surface area contributed by atoms with Gasteiger partial charge >= 0.3 is 6.09 Å². The molecule has 0 radical (unpaired) electrons. The van der Waals surface area contributed by atoms with Gasteiger partial charge in [0.15, 0.2) is 30.0 Å². The third kappa shape index (κ3) is 5.92. The number of nitrogen functional groups attached to an aromatic ring is 1. The molecular weight excluding hydrogens is 536 g/mol. The van der Waals surface area contributed by atoms with Crippen molar-refractivity contribution in [3.63, 3.8) is 0 Å². The molecule has 3 aliphatic heterocycles. The first-order chi connectivity index (χ1) is 19.7. The summed E-state index contributed by atoms with van der Waals surface area (Å²) in [7, 11) is 1.66. The van der Waals surface area contributed by atoms with E-state index in [-0.39, 0.29) is 17.8 Å². The highest BCUT2D eigenvalue weighted by atomic mass is 16.6. The van der Waals surface area contributed by atoms with Gasteiger partial charge in [-0.3, -0.25) is 14.2 Å². The number of aliphatic hydroxyl groups is 2. The van der Waals surface area contributed by atoms with Crippen LogP contribution in [0.15, 0.2) is 6.33 Å². The van der Waals surface area contributed by atoms with Crippen molar-refractivity contribution >= 4 is 34.9 Å². The van der Waals surface area contributed by atoms with Gasteiger partial charge in [0, 0.05) is 45.9 Å². The zero-order valence-corrected chi connectivity index (χ0v) is 23.3. The van der Waals surface area contributed by atoms with Crippen molar-refractivity contribution in [3.8, 4) is 0 Å². The number of aliphatic hydroxyl groups excluding tert-OH is 2. The molecule has 3 saturated heterocycles. The highest BCUT2D eigenvalue weighted by Gasteiger charge is 2.47. The Morgan fingerprint density at radius 1 is 1.20 bits per heavy atom. The average Bonchev–Trinajstić information content (AvgIpc) is 3.61. The maximum Gasteiger partial charge on any atom is 0.411 e. The number of carbonyl (C=O) groups is 3. The smallest absolute Gasteiger partial charge is 0.411 e. The lowest BCUT2D eigenvalue weighted by atomic mass is 9.91. The molecule has 0 bridgehead atoms. The van der Waals surface area contributed by atoms with Crippen molar-refractivity contribution < 1.29 is 34.1 Å². The highest BCUT2D eigenvalue weighted by Crippen LogP contribution is 2.32. The lowest BCUT2D eigenvalue weighted by Crippen LogP contribution is -2.42. The molecule has 5 heterocycles. The fraction of sp³-hybridized carbons (Fsp3) is 0.692. The number of hydrogen-bond donors (Lipinski definition) is 4. The predicted octanol–water partition coefficient (Wildman–Crippen LogP) is -0.0866. The molecule has 2 unspecified atom stereocenters. The van der Waals surface area contributed by atoms with Crippen molar-refractivity contribution in [1.29, 1.82) is 0 Å². The standard InChI is InChI=1S/C26H38N8O7/c1-3-28-24(38)21-19(36)20(37)25(41-21)34-13-29-18-22(27)30-15(31-23(18)34)6-4-5-14-9-11-33(12-10-14)26(39)40-17-8-7-16(35)32(17)2/h13-14,17,19-21,25,36-37H,3-12H2,1-2H3,(H,28,38)(H2,27,30,31)/t17?,19?,20-,21-,25+/m0/s1. The van der Waals surface area contributed by atoms with Gasteiger partial charge in [0.1, 0.15) is 23.5 Å². The summed E-state index contributed by atoms with van der Waals surface area (Å²) < 4.78 is 12.7. The zero-order valence-electron chi connectivity index (χ0n) is 23.3. The molecule has 5 N–H and O–H groups in total. The number of nitrogens with two attached hydrogens (primary N) is 1. The molecule has 3 aliphatic rings. The number of ether oxygens (including phenoxy) is 2. The van der Waals surface area contributed by atoms with Gasteiger partial charge in [-0.1, -0.05) is 0 Å². The van der Waals surface area contributed by atoms with Crippen LogP contribution >= 0.6 is 0 Å². The second-order valence-electron chi connectivity index (χ2n) is 10.9. The zero-order chi connectivity index (χ0) is 29.3. The van der Waals surface area contributed by atoms with E-state index >= 15 is 0 Å². The molecule has 3 fully saturated rings. The largest absolute Gasteiger partial charge is 0.425 e. The molecule has 0 spiro atoms. The number of aromatic nitrogens is 4. The number of fused-ring (bicyclic) bond motifs is 1. The van der Waals surface area contributed by atoms with Gasteiger partial charge in [0.05, 0.1) is 6.33 Å². The van der Waals surface area contributed by atoms with E-state index in [9.17, 15) is 24.6 Å². The third-order valence-electron chi connectivity index (χ3n) is 8.17. The number of imidazole rings is 1. The number of carbonyl (C=O) groups excluding carboxylic acids is 3. The Kier molecular flexibility index (Phi) is 8.56. The molecule has 3 amide bonds. The number of amides is 3. The van der Waals surface area contributed by atoms with Crippen molar-refractivity contribution in [1.82, 2.24) is 34.6 Å². The SMILES string of the molecule is CCNC(=O)[C@H]1O[C@@H](n2cnc3c(N)nc(CCCC4CCN(C(=O)OC5CCC(=O)N5C)CC4)nc32)[C@@H](O)C1O. The molecule has 2 aromatic heterocycles. The van der Waals surface area contributed by atoms with E-state index < -0.39 is 36.7 Å². The monoisotopic (exact) mass is 574 g/mol. The number of nitrogens with one attached hydrogen (secondary N) is 1. The van der Waals surface area contributed by atoms with Crippen LogP contribution in [0.5, 0.6) is 0 Å². The topological polar surface area (TPSA) is 198 Å². The molecule has 0 aliphatic carbocycles. The number of rotatable bonds is 8. The van der Waals surface area contributed by atoms with E-state index in [1.165, 1.54) is 15.8 Å². The van der Waals surface area contributed by atoms with Gasteiger partial charge in [0.25, 0.3) is 5.91 Å². The van der Waals surface area contributed by atoms with Crippen LogP contribution in [-0.2, 0) is 25.5 Å². The summed E-state index contributed by atoms with van der Waals surface area (Å²) >= 11 is 0.